The highest BCUT2D eigenvalue weighted by molar-refractivity contribution is 5.22. The zero-order chi connectivity index (χ0) is 18.0. The van der Waals surface area contributed by atoms with E-state index in [9.17, 15) is 0 Å². The van der Waals surface area contributed by atoms with Crippen LogP contribution in [-0.4, -0.2) is 57.4 Å². The first kappa shape index (κ1) is 17.6. The summed E-state index contributed by atoms with van der Waals surface area (Å²) in [5.74, 6) is 1.68. The zero-order valence-corrected chi connectivity index (χ0v) is 16.0. The van der Waals surface area contributed by atoms with Crippen LogP contribution in [0.4, 0.5) is 0 Å². The van der Waals surface area contributed by atoms with Crippen LogP contribution in [0, 0.1) is 6.92 Å². The molecule has 2 saturated heterocycles. The van der Waals surface area contributed by atoms with Crippen molar-refractivity contribution < 1.29 is 0 Å². The summed E-state index contributed by atoms with van der Waals surface area (Å²) < 4.78 is 2.07. The third-order valence-corrected chi connectivity index (χ3v) is 6.24. The largest absolute Gasteiger partial charge is 0.320 e. The molecule has 0 saturated carbocycles. The lowest BCUT2D eigenvalue weighted by molar-refractivity contribution is 0.139. The van der Waals surface area contributed by atoms with Crippen LogP contribution in [0.3, 0.4) is 0 Å². The van der Waals surface area contributed by atoms with E-state index in [2.05, 4.69) is 51.1 Å². The Morgan fingerprint density at radius 1 is 1.19 bits per heavy atom. The van der Waals surface area contributed by atoms with Gasteiger partial charge in [0.2, 0.25) is 0 Å². The number of pyridine rings is 1. The van der Waals surface area contributed by atoms with Crippen LogP contribution < -0.4 is 5.32 Å². The second-order valence-corrected chi connectivity index (χ2v) is 8.10. The molecule has 2 fully saturated rings. The molecule has 6 heteroatoms. The third-order valence-electron chi connectivity index (χ3n) is 6.24. The predicted molar refractivity (Wildman–Crippen MR) is 102 cm³/mol. The van der Waals surface area contributed by atoms with E-state index in [1.165, 1.54) is 36.9 Å². The van der Waals surface area contributed by atoms with Crippen LogP contribution in [0.1, 0.15) is 48.7 Å². The summed E-state index contributed by atoms with van der Waals surface area (Å²) in [6, 6.07) is 4.47. The molecule has 0 amide bonds. The lowest BCUT2D eigenvalue weighted by Crippen LogP contribution is -2.49. The first-order chi connectivity index (χ1) is 12.7. The highest BCUT2D eigenvalue weighted by atomic mass is 15.3. The van der Waals surface area contributed by atoms with Gasteiger partial charge >= 0.3 is 0 Å². The van der Waals surface area contributed by atoms with Gasteiger partial charge in [-0.15, -0.1) is 10.2 Å². The molecule has 1 N–H and O–H groups in total. The van der Waals surface area contributed by atoms with Crippen molar-refractivity contribution in [3.8, 4) is 0 Å². The molecule has 0 unspecified atom stereocenters. The Balaban J connectivity index is 1.45. The van der Waals surface area contributed by atoms with E-state index >= 15 is 0 Å². The Labute approximate surface area is 156 Å². The number of hydrogen-bond donors (Lipinski definition) is 1. The molecule has 140 valence electrons. The molecule has 2 aliphatic rings. The van der Waals surface area contributed by atoms with Crippen molar-refractivity contribution in [1.82, 2.24) is 30.0 Å². The molecule has 0 bridgehead atoms. The van der Waals surface area contributed by atoms with Gasteiger partial charge in [0.15, 0.2) is 0 Å². The average molecular weight is 355 g/mol. The molecule has 26 heavy (non-hydrogen) atoms. The predicted octanol–water partition coefficient (Wildman–Crippen LogP) is 2.02. The highest BCUT2D eigenvalue weighted by Crippen LogP contribution is 2.35. The smallest absolute Gasteiger partial charge is 0.135 e. The Morgan fingerprint density at radius 3 is 2.58 bits per heavy atom. The van der Waals surface area contributed by atoms with Crippen molar-refractivity contribution in [3.63, 3.8) is 0 Å². The Hall–Kier alpha value is -1.79. The number of aryl methyl sites for hydroxylation is 2. The first-order valence-electron chi connectivity index (χ1n) is 9.86. The number of likely N-dealkylation sites (tertiary alicyclic amines) is 1. The maximum Gasteiger partial charge on any atom is 0.135 e. The van der Waals surface area contributed by atoms with E-state index in [4.69, 9.17) is 4.98 Å². The molecule has 2 aromatic rings. The second-order valence-electron chi connectivity index (χ2n) is 8.10. The fourth-order valence-corrected chi connectivity index (χ4v) is 4.62. The van der Waals surface area contributed by atoms with Crippen molar-refractivity contribution in [3.05, 3.63) is 41.7 Å². The molecule has 2 aromatic heterocycles. The van der Waals surface area contributed by atoms with E-state index in [1.54, 1.807) is 0 Å². The van der Waals surface area contributed by atoms with Crippen molar-refractivity contribution in [2.45, 2.75) is 43.9 Å². The van der Waals surface area contributed by atoms with Crippen LogP contribution >= 0.6 is 0 Å². The molecule has 4 heterocycles. The van der Waals surface area contributed by atoms with Crippen molar-refractivity contribution in [1.29, 1.82) is 0 Å². The summed E-state index contributed by atoms with van der Waals surface area (Å²) >= 11 is 0. The maximum atomic E-state index is 4.83. The van der Waals surface area contributed by atoms with E-state index in [-0.39, 0.29) is 5.41 Å². The molecule has 4 rings (SSSR count). The molecule has 0 aliphatic carbocycles. The fraction of sp³-hybridized carbons (Fsp3) is 0.650. The van der Waals surface area contributed by atoms with Crippen LogP contribution in [0.15, 0.2) is 24.7 Å². The van der Waals surface area contributed by atoms with Gasteiger partial charge in [-0.1, -0.05) is 6.07 Å². The molecule has 2 aliphatic heterocycles. The standard InChI is InChI=1S/C20H30N6/c1-16-3-4-18(22-13-16)20(7-9-21-10-8-20)14-26-11-5-17(6-12-26)19-24-23-15-25(19)2/h3-4,13,15,17,21H,5-12,14H2,1-2H3. The summed E-state index contributed by atoms with van der Waals surface area (Å²) in [4.78, 5) is 7.48. The highest BCUT2D eigenvalue weighted by Gasteiger charge is 2.38. The number of rotatable bonds is 4. The van der Waals surface area contributed by atoms with Crippen LogP contribution in [-0.2, 0) is 12.5 Å². The van der Waals surface area contributed by atoms with Gasteiger partial charge < -0.3 is 14.8 Å². The maximum absolute atomic E-state index is 4.83. The molecule has 0 radical (unpaired) electrons. The topological polar surface area (TPSA) is 58.9 Å². The van der Waals surface area contributed by atoms with Gasteiger partial charge in [0, 0.05) is 36.8 Å². The van der Waals surface area contributed by atoms with Crippen molar-refractivity contribution in [2.75, 3.05) is 32.7 Å². The second kappa shape index (κ2) is 7.45. The summed E-state index contributed by atoms with van der Waals surface area (Å²) in [5, 5.41) is 11.9. The van der Waals surface area contributed by atoms with E-state index in [0.29, 0.717) is 5.92 Å². The third kappa shape index (κ3) is 3.53. The lowest BCUT2D eigenvalue weighted by Gasteiger charge is -2.43. The van der Waals surface area contributed by atoms with E-state index < -0.39 is 0 Å². The first-order valence-corrected chi connectivity index (χ1v) is 9.86. The quantitative estimate of drug-likeness (QED) is 0.910. The van der Waals surface area contributed by atoms with Gasteiger partial charge in [-0.05, 0) is 70.4 Å². The van der Waals surface area contributed by atoms with Crippen molar-refractivity contribution >= 4 is 0 Å². The van der Waals surface area contributed by atoms with Gasteiger partial charge in [-0.2, -0.15) is 0 Å². The Bertz CT molecular complexity index is 708. The SMILES string of the molecule is Cc1ccc(C2(CN3CCC(c4nncn4C)CC3)CCNCC2)nc1. The average Bonchev–Trinajstić information content (AvgIpc) is 3.10. The molecule has 0 aromatic carbocycles. The minimum atomic E-state index is 0.191. The molecule has 0 atom stereocenters. The number of aromatic nitrogens is 4. The molecule has 0 spiro atoms. The van der Waals surface area contributed by atoms with Gasteiger partial charge in [0.1, 0.15) is 12.2 Å². The monoisotopic (exact) mass is 354 g/mol. The van der Waals surface area contributed by atoms with Gasteiger partial charge in [-0.3, -0.25) is 4.98 Å². The van der Waals surface area contributed by atoms with E-state index in [0.717, 1.165) is 38.5 Å². The molecule has 6 nitrogen and oxygen atoms in total. The zero-order valence-electron chi connectivity index (χ0n) is 16.0. The lowest BCUT2D eigenvalue weighted by atomic mass is 9.74. The van der Waals surface area contributed by atoms with Crippen LogP contribution in [0.2, 0.25) is 0 Å². The normalized spacial score (nSPS) is 21.8. The summed E-state index contributed by atoms with van der Waals surface area (Å²) in [6.45, 7) is 7.69. The molecular weight excluding hydrogens is 324 g/mol. The van der Waals surface area contributed by atoms with E-state index in [1.807, 2.05) is 12.5 Å². The van der Waals surface area contributed by atoms with Gasteiger partial charge in [0.05, 0.1) is 0 Å². The fourth-order valence-electron chi connectivity index (χ4n) is 4.62. The number of piperidine rings is 2. The number of hydrogen-bond acceptors (Lipinski definition) is 5. The minimum absolute atomic E-state index is 0.191. The van der Waals surface area contributed by atoms with Crippen LogP contribution in [0.25, 0.3) is 0 Å². The summed E-state index contributed by atoms with van der Waals surface area (Å²) in [5.41, 5.74) is 2.71. The Morgan fingerprint density at radius 2 is 1.96 bits per heavy atom. The molecular formula is C20H30N6. The Kier molecular flexibility index (Phi) is 5.05. The number of nitrogens with one attached hydrogen (secondary N) is 1. The number of nitrogens with zero attached hydrogens (tertiary/aromatic N) is 5. The summed E-state index contributed by atoms with van der Waals surface area (Å²) in [7, 11) is 2.05. The van der Waals surface area contributed by atoms with Crippen molar-refractivity contribution in [2.24, 2.45) is 7.05 Å². The van der Waals surface area contributed by atoms with Gasteiger partial charge in [-0.25, -0.2) is 0 Å². The minimum Gasteiger partial charge on any atom is -0.320 e. The van der Waals surface area contributed by atoms with Gasteiger partial charge in [0.25, 0.3) is 0 Å². The van der Waals surface area contributed by atoms with Crippen LogP contribution in [0.5, 0.6) is 0 Å². The summed E-state index contributed by atoms with van der Waals surface area (Å²) in [6.07, 6.45) is 8.52.